The lowest BCUT2D eigenvalue weighted by molar-refractivity contribution is -0.0498. The Kier molecular flexibility index (Phi) is 3.84. The van der Waals surface area contributed by atoms with Gasteiger partial charge in [0.2, 0.25) is 0 Å². The Morgan fingerprint density at radius 1 is 1.50 bits per heavy atom. The first-order chi connectivity index (χ1) is 6.67. The first-order valence-corrected chi connectivity index (χ1v) is 4.83. The van der Waals surface area contributed by atoms with Crippen molar-refractivity contribution in [2.45, 2.75) is 11.9 Å². The van der Waals surface area contributed by atoms with Crippen LogP contribution in [0, 0.1) is 11.3 Å². The van der Waals surface area contributed by atoms with Gasteiger partial charge in [-0.1, -0.05) is 15.9 Å². The number of benzene rings is 1. The first-order valence-electron chi connectivity index (χ1n) is 3.71. The van der Waals surface area contributed by atoms with Gasteiger partial charge in [-0.3, -0.25) is 0 Å². The maximum atomic E-state index is 11.8. The number of nitrogens with zero attached hydrogens (tertiary/aromatic N) is 1. The predicted molar refractivity (Wildman–Crippen MR) is 50.4 cm³/mol. The van der Waals surface area contributed by atoms with E-state index in [4.69, 9.17) is 5.26 Å². The highest BCUT2D eigenvalue weighted by Crippen LogP contribution is 2.21. The van der Waals surface area contributed by atoms with Crippen molar-refractivity contribution in [1.29, 1.82) is 5.26 Å². The van der Waals surface area contributed by atoms with E-state index in [-0.39, 0.29) is 5.75 Å². The fourth-order valence-corrected chi connectivity index (χ4v) is 1.43. The monoisotopic (exact) mass is 261 g/mol. The highest BCUT2D eigenvalue weighted by atomic mass is 79.9. The van der Waals surface area contributed by atoms with Gasteiger partial charge in [-0.05, 0) is 23.8 Å². The van der Waals surface area contributed by atoms with Crippen LogP contribution in [0.4, 0.5) is 8.78 Å². The van der Waals surface area contributed by atoms with E-state index in [1.807, 2.05) is 6.07 Å². The molecule has 0 bridgehead atoms. The molecule has 1 aromatic rings. The quantitative estimate of drug-likeness (QED) is 0.784. The summed E-state index contributed by atoms with van der Waals surface area (Å²) < 4.78 is 27.9. The van der Waals surface area contributed by atoms with Gasteiger partial charge in [0.05, 0.1) is 11.6 Å². The van der Waals surface area contributed by atoms with Crippen LogP contribution < -0.4 is 4.74 Å². The van der Waals surface area contributed by atoms with Crippen molar-refractivity contribution < 1.29 is 13.5 Å². The molecule has 0 amide bonds. The molecule has 1 aromatic carbocycles. The van der Waals surface area contributed by atoms with Gasteiger partial charge in [0, 0.05) is 5.33 Å². The van der Waals surface area contributed by atoms with Crippen LogP contribution >= 0.6 is 15.9 Å². The van der Waals surface area contributed by atoms with Gasteiger partial charge in [0.15, 0.2) is 0 Å². The molecular formula is C9H6BrF2NO. The molecule has 0 heterocycles. The first kappa shape index (κ1) is 10.9. The summed E-state index contributed by atoms with van der Waals surface area (Å²) in [5.74, 6) is 0.0634. The fourth-order valence-electron chi connectivity index (χ4n) is 0.966. The normalized spacial score (nSPS) is 9.93. The second kappa shape index (κ2) is 4.91. The van der Waals surface area contributed by atoms with Crippen molar-refractivity contribution in [3.63, 3.8) is 0 Å². The van der Waals surface area contributed by atoms with Crippen LogP contribution in [0.2, 0.25) is 0 Å². The third-order valence-corrected chi connectivity index (χ3v) is 2.17. The van der Waals surface area contributed by atoms with E-state index >= 15 is 0 Å². The molecule has 0 unspecified atom stereocenters. The van der Waals surface area contributed by atoms with Crippen molar-refractivity contribution in [2.75, 3.05) is 0 Å². The van der Waals surface area contributed by atoms with Gasteiger partial charge in [-0.15, -0.1) is 0 Å². The van der Waals surface area contributed by atoms with Crippen LogP contribution in [0.15, 0.2) is 18.2 Å². The number of ether oxygens (including phenoxy) is 1. The minimum atomic E-state index is -2.84. The topological polar surface area (TPSA) is 33.0 Å². The van der Waals surface area contributed by atoms with Crippen LogP contribution in [-0.4, -0.2) is 6.61 Å². The summed E-state index contributed by atoms with van der Waals surface area (Å²) in [6.07, 6.45) is 0. The second-order valence-electron chi connectivity index (χ2n) is 2.44. The summed E-state index contributed by atoms with van der Waals surface area (Å²) in [5, 5.41) is 9.09. The van der Waals surface area contributed by atoms with E-state index in [9.17, 15) is 8.78 Å². The number of rotatable bonds is 3. The molecule has 0 aliphatic rings. The molecule has 1 rings (SSSR count). The van der Waals surface area contributed by atoms with Gasteiger partial charge in [0.1, 0.15) is 5.75 Å². The largest absolute Gasteiger partial charge is 0.435 e. The van der Waals surface area contributed by atoms with Crippen molar-refractivity contribution in [1.82, 2.24) is 0 Å². The Morgan fingerprint density at radius 3 is 2.71 bits per heavy atom. The molecule has 74 valence electrons. The molecule has 0 fully saturated rings. The average molecular weight is 262 g/mol. The molecule has 0 atom stereocenters. The molecule has 0 aliphatic carbocycles. The Morgan fingerprint density at radius 2 is 2.21 bits per heavy atom. The molecule has 14 heavy (non-hydrogen) atoms. The van der Waals surface area contributed by atoms with E-state index < -0.39 is 6.61 Å². The summed E-state index contributed by atoms with van der Waals surface area (Å²) in [6, 6.07) is 6.17. The third-order valence-electron chi connectivity index (χ3n) is 1.57. The van der Waals surface area contributed by atoms with Crippen LogP contribution in [0.1, 0.15) is 11.1 Å². The maximum Gasteiger partial charge on any atom is 0.387 e. The summed E-state index contributed by atoms with van der Waals surface area (Å²) >= 11 is 3.16. The molecule has 0 aliphatic heterocycles. The van der Waals surface area contributed by atoms with Gasteiger partial charge in [-0.25, -0.2) is 0 Å². The Bertz CT molecular complexity index is 362. The maximum absolute atomic E-state index is 11.8. The molecule has 0 saturated carbocycles. The molecular weight excluding hydrogens is 256 g/mol. The van der Waals surface area contributed by atoms with Crippen LogP contribution in [0.3, 0.4) is 0 Å². The van der Waals surface area contributed by atoms with E-state index in [0.717, 1.165) is 0 Å². The molecule has 0 saturated heterocycles. The van der Waals surface area contributed by atoms with Crippen molar-refractivity contribution in [3.05, 3.63) is 29.3 Å². The lowest BCUT2D eigenvalue weighted by Crippen LogP contribution is -2.02. The SMILES string of the molecule is N#Cc1ccc(OC(F)F)cc1CBr. The fraction of sp³-hybridized carbons (Fsp3) is 0.222. The van der Waals surface area contributed by atoms with Gasteiger partial charge in [0.25, 0.3) is 0 Å². The van der Waals surface area contributed by atoms with Gasteiger partial charge >= 0.3 is 6.61 Å². The third kappa shape index (κ3) is 2.67. The van der Waals surface area contributed by atoms with E-state index in [1.54, 1.807) is 0 Å². The van der Waals surface area contributed by atoms with Crippen LogP contribution in [-0.2, 0) is 5.33 Å². The number of hydrogen-bond donors (Lipinski definition) is 0. The van der Waals surface area contributed by atoms with Crippen molar-refractivity contribution >= 4 is 15.9 Å². The van der Waals surface area contributed by atoms with E-state index in [2.05, 4.69) is 20.7 Å². The highest BCUT2D eigenvalue weighted by molar-refractivity contribution is 9.08. The minimum Gasteiger partial charge on any atom is -0.435 e. The number of alkyl halides is 3. The van der Waals surface area contributed by atoms with E-state index in [1.165, 1.54) is 18.2 Å². The van der Waals surface area contributed by atoms with Crippen LogP contribution in [0.25, 0.3) is 0 Å². The predicted octanol–water partition coefficient (Wildman–Crippen LogP) is 3.05. The molecule has 0 spiro atoms. The van der Waals surface area contributed by atoms with Crippen molar-refractivity contribution in [2.24, 2.45) is 0 Å². The zero-order valence-corrected chi connectivity index (χ0v) is 8.59. The minimum absolute atomic E-state index is 0.0634. The van der Waals surface area contributed by atoms with E-state index in [0.29, 0.717) is 16.5 Å². The number of halogens is 3. The molecule has 2 nitrogen and oxygen atoms in total. The average Bonchev–Trinajstić information content (AvgIpc) is 2.16. The number of nitriles is 1. The highest BCUT2D eigenvalue weighted by Gasteiger charge is 2.07. The Balaban J connectivity index is 2.97. The smallest absolute Gasteiger partial charge is 0.387 e. The summed E-state index contributed by atoms with van der Waals surface area (Å²) in [4.78, 5) is 0. The zero-order chi connectivity index (χ0) is 10.6. The standard InChI is InChI=1S/C9H6BrF2NO/c10-4-7-3-8(14-9(11)12)2-1-6(7)5-13/h1-3,9H,4H2. The summed E-state index contributed by atoms with van der Waals surface area (Å²) in [5.41, 5.74) is 1.08. The Labute approximate surface area is 88.2 Å². The van der Waals surface area contributed by atoms with Gasteiger partial charge in [-0.2, -0.15) is 14.0 Å². The molecule has 0 N–H and O–H groups in total. The zero-order valence-electron chi connectivity index (χ0n) is 7.01. The molecule has 5 heteroatoms. The van der Waals surface area contributed by atoms with Crippen molar-refractivity contribution in [3.8, 4) is 11.8 Å². The number of hydrogen-bond acceptors (Lipinski definition) is 2. The summed E-state index contributed by atoms with van der Waals surface area (Å²) in [6.45, 7) is -2.84. The molecule has 0 aromatic heterocycles. The second-order valence-corrected chi connectivity index (χ2v) is 3.00. The van der Waals surface area contributed by atoms with Gasteiger partial charge < -0.3 is 4.74 Å². The van der Waals surface area contributed by atoms with Crippen LogP contribution in [0.5, 0.6) is 5.75 Å². The lowest BCUT2D eigenvalue weighted by Gasteiger charge is -2.06. The summed E-state index contributed by atoms with van der Waals surface area (Å²) in [7, 11) is 0. The Hall–Kier alpha value is -1.15. The molecule has 0 radical (unpaired) electrons. The lowest BCUT2D eigenvalue weighted by atomic mass is 10.1.